The molecule has 0 bridgehead atoms. The predicted molar refractivity (Wildman–Crippen MR) is 92.2 cm³/mol. The number of methoxy groups -OCH3 is 1. The van der Waals surface area contributed by atoms with Crippen molar-refractivity contribution in [3.63, 3.8) is 0 Å². The number of halogens is 3. The Bertz CT molecular complexity index is 816. The molecule has 0 unspecified atom stereocenters. The minimum absolute atomic E-state index is 0.0607. The van der Waals surface area contributed by atoms with Crippen LogP contribution in [-0.4, -0.2) is 19.3 Å². The fourth-order valence-corrected chi connectivity index (χ4v) is 2.05. The second-order valence-electron chi connectivity index (χ2n) is 5.17. The van der Waals surface area contributed by atoms with Gasteiger partial charge in [-0.3, -0.25) is 0 Å². The quantitative estimate of drug-likeness (QED) is 0.467. The predicted octanol–water partition coefficient (Wildman–Crippen LogP) is 2.90. The van der Waals surface area contributed by atoms with Crippen LogP contribution >= 0.6 is 0 Å². The summed E-state index contributed by atoms with van der Waals surface area (Å²) < 4.78 is 49.1. The highest BCUT2D eigenvalue weighted by Gasteiger charge is 2.30. The van der Waals surface area contributed by atoms with Crippen LogP contribution in [0.15, 0.2) is 52.7 Å². The first kappa shape index (κ1) is 19.1. The van der Waals surface area contributed by atoms with Gasteiger partial charge in [0, 0.05) is 0 Å². The molecule has 0 aliphatic heterocycles. The van der Waals surface area contributed by atoms with E-state index < -0.39 is 11.7 Å². The fourth-order valence-electron chi connectivity index (χ4n) is 2.05. The molecule has 26 heavy (non-hydrogen) atoms. The zero-order chi connectivity index (χ0) is 19.2. The van der Waals surface area contributed by atoms with Crippen LogP contribution in [0.2, 0.25) is 0 Å². The van der Waals surface area contributed by atoms with Crippen molar-refractivity contribution in [2.45, 2.75) is 12.8 Å². The lowest BCUT2D eigenvalue weighted by atomic mass is 10.1. The Kier molecular flexibility index (Phi) is 6.05. The molecule has 0 fully saturated rings. The molecule has 9 heteroatoms. The van der Waals surface area contributed by atoms with Gasteiger partial charge in [-0.25, -0.2) is 0 Å². The normalized spacial score (nSPS) is 11.4. The van der Waals surface area contributed by atoms with Gasteiger partial charge in [0.05, 0.1) is 18.9 Å². The number of benzene rings is 2. The number of rotatable bonds is 6. The highest BCUT2D eigenvalue weighted by Crippen LogP contribution is 2.31. The fraction of sp³-hybridized carbons (Fsp3) is 0.176. The minimum Gasteiger partial charge on any atom is -0.493 e. The van der Waals surface area contributed by atoms with Crippen molar-refractivity contribution in [3.05, 3.63) is 59.2 Å². The second kappa shape index (κ2) is 8.24. The van der Waals surface area contributed by atoms with E-state index in [1.807, 2.05) is 0 Å². The lowest BCUT2D eigenvalue weighted by Crippen LogP contribution is -2.21. The van der Waals surface area contributed by atoms with Gasteiger partial charge in [0.25, 0.3) is 0 Å². The third-order valence-electron chi connectivity index (χ3n) is 3.22. The number of nitrogens with zero attached hydrogens (tertiary/aromatic N) is 2. The van der Waals surface area contributed by atoms with Gasteiger partial charge in [0.1, 0.15) is 6.61 Å². The summed E-state index contributed by atoms with van der Waals surface area (Å²) in [6, 6.07) is 9.86. The van der Waals surface area contributed by atoms with Crippen molar-refractivity contribution < 1.29 is 22.6 Å². The van der Waals surface area contributed by atoms with Gasteiger partial charge in [-0.1, -0.05) is 12.1 Å². The van der Waals surface area contributed by atoms with Crippen molar-refractivity contribution in [1.82, 2.24) is 0 Å². The Morgan fingerprint density at radius 2 is 1.88 bits per heavy atom. The zero-order valence-electron chi connectivity index (χ0n) is 13.8. The van der Waals surface area contributed by atoms with Crippen LogP contribution in [0.5, 0.6) is 11.5 Å². The van der Waals surface area contributed by atoms with E-state index >= 15 is 0 Å². The van der Waals surface area contributed by atoms with E-state index in [9.17, 15) is 13.2 Å². The molecule has 138 valence electrons. The second-order valence-corrected chi connectivity index (χ2v) is 5.17. The molecule has 0 saturated heterocycles. The Morgan fingerprint density at radius 1 is 1.12 bits per heavy atom. The van der Waals surface area contributed by atoms with Gasteiger partial charge in [0.2, 0.25) is 5.96 Å². The molecule has 0 spiro atoms. The summed E-state index contributed by atoms with van der Waals surface area (Å²) >= 11 is 0. The van der Waals surface area contributed by atoms with Crippen LogP contribution in [0.3, 0.4) is 0 Å². The summed E-state index contributed by atoms with van der Waals surface area (Å²) in [7, 11) is 1.46. The Balaban J connectivity index is 2.18. The number of hydrogen-bond acceptors (Lipinski definition) is 4. The molecule has 4 N–H and O–H groups in total. The van der Waals surface area contributed by atoms with E-state index in [1.54, 1.807) is 24.3 Å². The summed E-state index contributed by atoms with van der Waals surface area (Å²) in [6.45, 7) is -0.0607. The number of guanidine groups is 1. The van der Waals surface area contributed by atoms with Gasteiger partial charge in [-0.05, 0) is 41.5 Å². The van der Waals surface area contributed by atoms with Crippen molar-refractivity contribution >= 4 is 12.2 Å². The number of ether oxygens (including phenoxy) is 2. The van der Waals surface area contributed by atoms with E-state index in [1.165, 1.54) is 19.4 Å². The maximum Gasteiger partial charge on any atom is 0.416 e. The Morgan fingerprint density at radius 3 is 2.54 bits per heavy atom. The van der Waals surface area contributed by atoms with E-state index in [2.05, 4.69) is 10.2 Å². The summed E-state index contributed by atoms with van der Waals surface area (Å²) in [5, 5.41) is 7.17. The smallest absolute Gasteiger partial charge is 0.416 e. The van der Waals surface area contributed by atoms with Crippen molar-refractivity contribution in [1.29, 1.82) is 0 Å². The van der Waals surface area contributed by atoms with Crippen LogP contribution in [0, 0.1) is 0 Å². The molecule has 0 atom stereocenters. The number of nitrogens with two attached hydrogens (primary N) is 2. The number of alkyl halides is 3. The Labute approximate surface area is 147 Å². The summed E-state index contributed by atoms with van der Waals surface area (Å²) in [4.78, 5) is 0. The number of hydrogen-bond donors (Lipinski definition) is 2. The molecule has 0 heterocycles. The highest BCUT2D eigenvalue weighted by molar-refractivity contribution is 5.82. The molecule has 2 rings (SSSR count). The van der Waals surface area contributed by atoms with E-state index in [0.717, 1.165) is 12.1 Å². The van der Waals surface area contributed by atoms with Crippen LogP contribution in [0.25, 0.3) is 0 Å². The molecule has 0 aromatic heterocycles. The van der Waals surface area contributed by atoms with Crippen LogP contribution in [0.4, 0.5) is 13.2 Å². The van der Waals surface area contributed by atoms with Gasteiger partial charge in [0.15, 0.2) is 11.5 Å². The average molecular weight is 366 g/mol. The maximum atomic E-state index is 12.8. The monoisotopic (exact) mass is 366 g/mol. The summed E-state index contributed by atoms with van der Waals surface area (Å²) in [6.07, 6.45) is -3.01. The molecule has 2 aromatic rings. The van der Waals surface area contributed by atoms with Crippen molar-refractivity contribution in [2.24, 2.45) is 21.7 Å². The van der Waals surface area contributed by atoms with E-state index in [-0.39, 0.29) is 12.6 Å². The lowest BCUT2D eigenvalue weighted by molar-refractivity contribution is -0.137. The summed E-state index contributed by atoms with van der Waals surface area (Å²) in [5.74, 6) is 0.588. The van der Waals surface area contributed by atoms with E-state index in [0.29, 0.717) is 22.6 Å². The van der Waals surface area contributed by atoms with Gasteiger partial charge in [-0.15, -0.1) is 5.10 Å². The van der Waals surface area contributed by atoms with Gasteiger partial charge < -0.3 is 20.9 Å². The molecule has 6 nitrogen and oxygen atoms in total. The van der Waals surface area contributed by atoms with Crippen LogP contribution in [0.1, 0.15) is 16.7 Å². The SMILES string of the molecule is COc1ccc(C=NN=C(N)N)cc1OCc1cccc(C(F)(F)F)c1. The first-order valence-corrected chi connectivity index (χ1v) is 7.38. The summed E-state index contributed by atoms with van der Waals surface area (Å²) in [5.41, 5.74) is 10.6. The van der Waals surface area contributed by atoms with Crippen molar-refractivity contribution in [3.8, 4) is 11.5 Å². The van der Waals surface area contributed by atoms with Gasteiger partial charge >= 0.3 is 6.18 Å². The lowest BCUT2D eigenvalue weighted by Gasteiger charge is -2.12. The minimum atomic E-state index is -4.41. The van der Waals surface area contributed by atoms with Crippen LogP contribution < -0.4 is 20.9 Å². The maximum absolute atomic E-state index is 12.8. The highest BCUT2D eigenvalue weighted by atomic mass is 19.4. The van der Waals surface area contributed by atoms with Crippen molar-refractivity contribution in [2.75, 3.05) is 7.11 Å². The first-order valence-electron chi connectivity index (χ1n) is 7.38. The zero-order valence-corrected chi connectivity index (χ0v) is 13.8. The van der Waals surface area contributed by atoms with Crippen LogP contribution in [-0.2, 0) is 12.8 Å². The molecule has 0 aliphatic carbocycles. The molecular formula is C17H17F3N4O2. The molecule has 2 aromatic carbocycles. The Hall–Kier alpha value is -3.23. The topological polar surface area (TPSA) is 95.2 Å². The molecule has 0 saturated carbocycles. The largest absolute Gasteiger partial charge is 0.493 e. The van der Waals surface area contributed by atoms with E-state index in [4.69, 9.17) is 20.9 Å². The first-order chi connectivity index (χ1) is 12.3. The molecule has 0 radical (unpaired) electrons. The molecule has 0 aliphatic rings. The molecular weight excluding hydrogens is 349 g/mol. The third kappa shape index (κ3) is 5.40. The molecule has 0 amide bonds. The standard InChI is InChI=1S/C17H17F3N4O2/c1-25-14-6-5-11(9-23-24-16(21)22)8-15(14)26-10-12-3-2-4-13(7-12)17(18,19)20/h2-9H,10H2,1H3,(H4,21,22,24). The van der Waals surface area contributed by atoms with Gasteiger partial charge in [-0.2, -0.15) is 18.3 Å². The average Bonchev–Trinajstić information content (AvgIpc) is 2.59. The third-order valence-corrected chi connectivity index (χ3v) is 3.22.